The van der Waals surface area contributed by atoms with E-state index in [1.165, 1.54) is 0 Å². The van der Waals surface area contributed by atoms with E-state index in [1.54, 1.807) is 0 Å². The van der Waals surface area contributed by atoms with Gasteiger partial charge in [0.05, 0.1) is 0 Å². The van der Waals surface area contributed by atoms with Crippen molar-refractivity contribution in [3.8, 4) is 0 Å². The summed E-state index contributed by atoms with van der Waals surface area (Å²) in [5.74, 6) is 0. The Balaban J connectivity index is 6.10. The fraction of sp³-hybridized carbons (Fsp3) is 1.00. The van der Waals surface area contributed by atoms with Crippen LogP contribution < -0.4 is 0 Å². The summed E-state index contributed by atoms with van der Waals surface area (Å²) in [4.78, 5) is 0. The molecule has 0 aromatic heterocycles. The maximum Gasteiger partial charge on any atom is 0.385 e. The summed E-state index contributed by atoms with van der Waals surface area (Å²) < 4.78 is 108. The van der Waals surface area contributed by atoms with E-state index in [9.17, 15) is 38.8 Å². The van der Waals surface area contributed by atoms with Crippen LogP contribution in [0.3, 0.4) is 0 Å². The number of halogens is 5. The van der Waals surface area contributed by atoms with Gasteiger partial charge in [-0.15, -0.1) is 0 Å². The molecular weight excluding hydrogens is 295 g/mol. The van der Waals surface area contributed by atoms with Crippen molar-refractivity contribution in [2.75, 3.05) is 12.5 Å². The first kappa shape index (κ1) is 16.6. The fourth-order valence-electron chi connectivity index (χ4n) is 0.866. The Morgan fingerprint density at radius 1 is 0.706 bits per heavy atom. The van der Waals surface area contributed by atoms with Crippen molar-refractivity contribution in [1.29, 1.82) is 0 Å². The zero-order chi connectivity index (χ0) is 14.5. The lowest BCUT2D eigenvalue weighted by molar-refractivity contribution is -0.161. The van der Waals surface area contributed by atoms with E-state index in [-0.39, 0.29) is 12.5 Å². The highest BCUT2D eigenvalue weighted by atomic mass is 32.2. The second-order valence-corrected chi connectivity index (χ2v) is 7.69. The van der Waals surface area contributed by atoms with Gasteiger partial charge >= 0.3 is 10.5 Å². The molecule has 0 aliphatic rings. The van der Waals surface area contributed by atoms with E-state index >= 15 is 0 Å². The van der Waals surface area contributed by atoms with Crippen LogP contribution in [0.5, 0.6) is 0 Å². The molecule has 11 heteroatoms. The van der Waals surface area contributed by atoms with Crippen molar-refractivity contribution < 1.29 is 38.8 Å². The molecule has 0 amide bonds. The Hall–Kier alpha value is -0.450. The number of sulfone groups is 2. The first-order valence-electron chi connectivity index (χ1n) is 3.84. The molecule has 0 spiro atoms. The molecule has 0 aromatic rings. The van der Waals surface area contributed by atoms with Crippen molar-refractivity contribution in [2.45, 2.75) is 23.1 Å². The Labute approximate surface area is 94.6 Å². The first-order valence-corrected chi connectivity index (χ1v) is 7.62. The SMILES string of the molecule is CC(F)(C(F)(F)S(C)(=O)=O)C(F)(F)S(C)(=O)=O. The van der Waals surface area contributed by atoms with Gasteiger partial charge in [-0.1, -0.05) is 0 Å². The third-order valence-electron chi connectivity index (χ3n) is 2.02. The molecule has 0 fully saturated rings. The number of hydrogen-bond acceptors (Lipinski definition) is 4. The normalized spacial score (nSPS) is 16.0. The van der Waals surface area contributed by atoms with Crippen molar-refractivity contribution in [3.63, 3.8) is 0 Å². The minimum absolute atomic E-state index is 0.177. The van der Waals surface area contributed by atoms with Crippen LogP contribution in [-0.4, -0.2) is 45.5 Å². The summed E-state index contributed by atoms with van der Waals surface area (Å²) in [5.41, 5.74) is -5.08. The molecule has 0 saturated carbocycles. The molecule has 17 heavy (non-hydrogen) atoms. The van der Waals surface area contributed by atoms with Crippen molar-refractivity contribution >= 4 is 19.7 Å². The van der Waals surface area contributed by atoms with Crippen LogP contribution in [0.15, 0.2) is 0 Å². The van der Waals surface area contributed by atoms with Gasteiger partial charge in [0.1, 0.15) is 0 Å². The van der Waals surface area contributed by atoms with E-state index < -0.39 is 42.8 Å². The van der Waals surface area contributed by atoms with Gasteiger partial charge in [-0.05, 0) is 6.92 Å². The molecule has 0 radical (unpaired) electrons. The lowest BCUT2D eigenvalue weighted by atomic mass is 10.1. The smallest absolute Gasteiger partial charge is 0.228 e. The topological polar surface area (TPSA) is 68.3 Å². The van der Waals surface area contributed by atoms with E-state index in [1.807, 2.05) is 0 Å². The molecule has 0 rings (SSSR count). The average molecular weight is 304 g/mol. The van der Waals surface area contributed by atoms with E-state index in [4.69, 9.17) is 0 Å². The summed E-state index contributed by atoms with van der Waals surface area (Å²) in [5, 5.41) is -11.1. The van der Waals surface area contributed by atoms with Gasteiger partial charge in [0.25, 0.3) is 5.67 Å². The first-order chi connectivity index (χ1) is 7.00. The maximum atomic E-state index is 13.4. The lowest BCUT2D eigenvalue weighted by Crippen LogP contribution is -2.61. The van der Waals surface area contributed by atoms with Crippen molar-refractivity contribution in [2.24, 2.45) is 0 Å². The van der Waals surface area contributed by atoms with Crippen LogP contribution in [0.4, 0.5) is 22.0 Å². The van der Waals surface area contributed by atoms with Crippen LogP contribution in [0.2, 0.25) is 0 Å². The third kappa shape index (κ3) is 2.26. The minimum atomic E-state index is -5.56. The molecule has 0 aromatic carbocycles. The highest BCUT2D eigenvalue weighted by Crippen LogP contribution is 2.48. The van der Waals surface area contributed by atoms with Crippen LogP contribution in [0.25, 0.3) is 0 Å². The van der Waals surface area contributed by atoms with E-state index in [2.05, 4.69) is 0 Å². The Morgan fingerprint density at radius 2 is 0.882 bits per heavy atom. The molecule has 0 heterocycles. The van der Waals surface area contributed by atoms with Crippen molar-refractivity contribution in [1.82, 2.24) is 0 Å². The quantitative estimate of drug-likeness (QED) is 0.726. The van der Waals surface area contributed by atoms with E-state index in [0.29, 0.717) is 0 Å². The molecule has 4 nitrogen and oxygen atoms in total. The summed E-state index contributed by atoms with van der Waals surface area (Å²) in [6.45, 7) is -0.477. The summed E-state index contributed by atoms with van der Waals surface area (Å²) in [6.07, 6.45) is -0.355. The van der Waals surface area contributed by atoms with Gasteiger partial charge in [-0.2, -0.15) is 17.6 Å². The van der Waals surface area contributed by atoms with Crippen LogP contribution >= 0.6 is 0 Å². The van der Waals surface area contributed by atoms with Gasteiger partial charge < -0.3 is 0 Å². The zero-order valence-corrected chi connectivity index (χ0v) is 10.5. The Bertz CT molecular complexity index is 459. The average Bonchev–Trinajstić information content (AvgIpc) is 1.98. The molecule has 0 N–H and O–H groups in total. The summed E-state index contributed by atoms with van der Waals surface area (Å²) >= 11 is 0. The Morgan fingerprint density at radius 3 is 1.00 bits per heavy atom. The molecule has 0 aliphatic carbocycles. The van der Waals surface area contributed by atoms with E-state index in [0.717, 1.165) is 0 Å². The predicted octanol–water partition coefficient (Wildman–Crippen LogP) is 0.989. The monoisotopic (exact) mass is 304 g/mol. The largest absolute Gasteiger partial charge is 0.385 e. The van der Waals surface area contributed by atoms with Gasteiger partial charge in [-0.3, -0.25) is 0 Å². The van der Waals surface area contributed by atoms with Gasteiger partial charge in [0.15, 0.2) is 0 Å². The zero-order valence-electron chi connectivity index (χ0n) is 8.84. The molecule has 104 valence electrons. The van der Waals surface area contributed by atoms with Gasteiger partial charge in [0.2, 0.25) is 19.7 Å². The number of alkyl halides is 5. The maximum absolute atomic E-state index is 13.4. The Kier molecular flexibility index (Phi) is 3.67. The second-order valence-electron chi connectivity index (χ2n) is 3.58. The standard InChI is InChI=1S/C6H9F5O4S2/c1-4(7,5(8,9)16(2,12)13)6(10,11)17(3,14)15/h1-3H3. The lowest BCUT2D eigenvalue weighted by Gasteiger charge is -2.33. The molecule has 0 aliphatic heterocycles. The van der Waals surface area contributed by atoms with Crippen molar-refractivity contribution in [3.05, 3.63) is 0 Å². The van der Waals surface area contributed by atoms with Crippen LogP contribution in [-0.2, 0) is 19.7 Å². The molecule has 0 saturated heterocycles. The van der Waals surface area contributed by atoms with Crippen LogP contribution in [0.1, 0.15) is 6.92 Å². The molecule has 0 unspecified atom stereocenters. The van der Waals surface area contributed by atoms with Crippen LogP contribution in [0, 0.1) is 0 Å². The number of hydrogen-bond donors (Lipinski definition) is 0. The second kappa shape index (κ2) is 3.77. The predicted molar refractivity (Wildman–Crippen MR) is 49.1 cm³/mol. The summed E-state index contributed by atoms with van der Waals surface area (Å²) in [7, 11) is -11.1. The highest BCUT2D eigenvalue weighted by molar-refractivity contribution is 7.92. The molecule has 0 atom stereocenters. The van der Waals surface area contributed by atoms with Gasteiger partial charge in [0, 0.05) is 12.5 Å². The van der Waals surface area contributed by atoms with Gasteiger partial charge in [-0.25, -0.2) is 21.2 Å². The number of rotatable bonds is 4. The minimum Gasteiger partial charge on any atom is -0.228 e. The highest BCUT2D eigenvalue weighted by Gasteiger charge is 2.75. The molecule has 0 bridgehead atoms. The summed E-state index contributed by atoms with van der Waals surface area (Å²) in [6, 6.07) is 0. The molecular formula is C6H9F5O4S2. The fourth-order valence-corrected chi connectivity index (χ4v) is 2.58. The third-order valence-corrected chi connectivity index (χ3v) is 4.65.